The summed E-state index contributed by atoms with van der Waals surface area (Å²) in [6.45, 7) is 0. The van der Waals surface area contributed by atoms with E-state index in [0.29, 0.717) is 22.6 Å². The number of carbonyl (C=O) groups excluding carboxylic acids is 1. The molecule has 1 N–H and O–H groups in total. The van der Waals surface area contributed by atoms with E-state index in [2.05, 4.69) is 15.5 Å². The van der Waals surface area contributed by atoms with Crippen LogP contribution in [-0.4, -0.2) is 20.2 Å². The summed E-state index contributed by atoms with van der Waals surface area (Å²) in [5.74, 6) is 0.398. The van der Waals surface area contributed by atoms with Crippen LogP contribution < -0.4 is 14.8 Å². The number of hydrogen-bond acceptors (Lipinski definition) is 7. The van der Waals surface area contributed by atoms with Crippen LogP contribution in [0.15, 0.2) is 77.0 Å². The Morgan fingerprint density at radius 3 is 2.21 bits per heavy atom. The third-order valence-corrected chi connectivity index (χ3v) is 4.49. The van der Waals surface area contributed by atoms with Crippen LogP contribution in [0.4, 0.5) is 17.1 Å². The van der Waals surface area contributed by atoms with Gasteiger partial charge in [0.1, 0.15) is 5.56 Å². The molecule has 7 nitrogen and oxygen atoms in total. The molecule has 0 saturated heterocycles. The molecule has 0 saturated carbocycles. The van der Waals surface area contributed by atoms with Crippen LogP contribution in [0.1, 0.15) is 22.1 Å². The number of rotatable bonds is 6. The summed E-state index contributed by atoms with van der Waals surface area (Å²) >= 11 is 0. The molecule has 146 valence electrons. The molecule has 0 fully saturated rings. The van der Waals surface area contributed by atoms with E-state index in [9.17, 15) is 4.79 Å². The standard InChI is InChI=1S/C22H19N3O4/c1-27-18-13-12-17-19(20(18)28-2)22(26)29-21(17)23-14-8-10-16(11-9-14)25-24-15-6-4-3-5-7-15/h3-13,21,23H,1-2H3. The highest BCUT2D eigenvalue weighted by Crippen LogP contribution is 2.42. The Balaban J connectivity index is 1.51. The first-order chi connectivity index (χ1) is 14.2. The number of ether oxygens (including phenoxy) is 3. The summed E-state index contributed by atoms with van der Waals surface area (Å²) < 4.78 is 16.1. The van der Waals surface area contributed by atoms with Crippen LogP contribution in [0.3, 0.4) is 0 Å². The fourth-order valence-electron chi connectivity index (χ4n) is 3.09. The van der Waals surface area contributed by atoms with Crippen molar-refractivity contribution in [2.24, 2.45) is 10.2 Å². The largest absolute Gasteiger partial charge is 0.493 e. The lowest BCUT2D eigenvalue weighted by Gasteiger charge is -2.15. The predicted octanol–water partition coefficient (Wildman–Crippen LogP) is 5.40. The minimum atomic E-state index is -0.617. The molecule has 0 amide bonds. The topological polar surface area (TPSA) is 81.5 Å². The van der Waals surface area contributed by atoms with Crippen molar-refractivity contribution in [3.8, 4) is 11.5 Å². The summed E-state index contributed by atoms with van der Waals surface area (Å²) in [4.78, 5) is 12.4. The van der Waals surface area contributed by atoms with E-state index in [0.717, 1.165) is 17.1 Å². The number of azo groups is 1. The van der Waals surface area contributed by atoms with Gasteiger partial charge in [-0.25, -0.2) is 4.79 Å². The second-order valence-electron chi connectivity index (χ2n) is 6.28. The van der Waals surface area contributed by atoms with E-state index in [-0.39, 0.29) is 0 Å². The first-order valence-corrected chi connectivity index (χ1v) is 8.99. The van der Waals surface area contributed by atoms with Gasteiger partial charge in [-0.1, -0.05) is 18.2 Å². The van der Waals surface area contributed by atoms with Gasteiger partial charge < -0.3 is 19.5 Å². The Bertz CT molecular complexity index is 1050. The van der Waals surface area contributed by atoms with E-state index < -0.39 is 12.2 Å². The summed E-state index contributed by atoms with van der Waals surface area (Å²) in [5.41, 5.74) is 3.35. The summed E-state index contributed by atoms with van der Waals surface area (Å²) in [6, 6.07) is 20.4. The van der Waals surface area contributed by atoms with E-state index in [1.165, 1.54) is 14.2 Å². The maximum Gasteiger partial charge on any atom is 0.344 e. The number of benzene rings is 3. The number of cyclic esters (lactones) is 1. The van der Waals surface area contributed by atoms with Gasteiger partial charge >= 0.3 is 5.97 Å². The van der Waals surface area contributed by atoms with Crippen LogP contribution in [0.5, 0.6) is 11.5 Å². The molecule has 0 spiro atoms. The van der Waals surface area contributed by atoms with Crippen LogP contribution in [0.2, 0.25) is 0 Å². The van der Waals surface area contributed by atoms with Crippen molar-refractivity contribution < 1.29 is 19.0 Å². The Hall–Kier alpha value is -3.87. The van der Waals surface area contributed by atoms with Crippen molar-refractivity contribution in [1.29, 1.82) is 0 Å². The van der Waals surface area contributed by atoms with Gasteiger partial charge in [0.25, 0.3) is 0 Å². The van der Waals surface area contributed by atoms with Crippen LogP contribution in [0.25, 0.3) is 0 Å². The molecule has 0 aromatic heterocycles. The maximum absolute atomic E-state index is 12.4. The third-order valence-electron chi connectivity index (χ3n) is 4.49. The molecule has 3 aromatic rings. The number of fused-ring (bicyclic) bond motifs is 1. The quantitative estimate of drug-likeness (QED) is 0.451. The fourth-order valence-corrected chi connectivity index (χ4v) is 3.09. The van der Waals surface area contributed by atoms with E-state index in [1.807, 2.05) is 54.6 Å². The summed E-state index contributed by atoms with van der Waals surface area (Å²) in [5, 5.41) is 11.6. The molecular weight excluding hydrogens is 370 g/mol. The average Bonchev–Trinajstić information content (AvgIpc) is 3.08. The SMILES string of the molecule is COc1ccc2c(c1OC)C(=O)OC2Nc1ccc(N=Nc2ccccc2)cc1. The molecule has 1 atom stereocenters. The minimum absolute atomic E-state index is 0.371. The zero-order valence-electron chi connectivity index (χ0n) is 16.0. The van der Waals surface area contributed by atoms with Gasteiger partial charge in [0.15, 0.2) is 11.5 Å². The van der Waals surface area contributed by atoms with Crippen molar-refractivity contribution in [1.82, 2.24) is 0 Å². The number of anilines is 1. The Morgan fingerprint density at radius 1 is 0.862 bits per heavy atom. The molecule has 0 aliphatic carbocycles. The van der Waals surface area contributed by atoms with Crippen molar-refractivity contribution in [2.45, 2.75) is 6.23 Å². The molecule has 0 bridgehead atoms. The van der Waals surface area contributed by atoms with Gasteiger partial charge in [0, 0.05) is 11.3 Å². The molecule has 29 heavy (non-hydrogen) atoms. The molecule has 7 heteroatoms. The number of nitrogens with zero attached hydrogens (tertiary/aromatic N) is 2. The van der Waals surface area contributed by atoms with Crippen LogP contribution in [0, 0.1) is 0 Å². The normalized spacial score (nSPS) is 15.1. The van der Waals surface area contributed by atoms with Gasteiger partial charge in [0.05, 0.1) is 25.6 Å². The molecule has 3 aromatic carbocycles. The van der Waals surface area contributed by atoms with E-state index >= 15 is 0 Å². The molecular formula is C22H19N3O4. The lowest BCUT2D eigenvalue weighted by Crippen LogP contribution is -2.10. The zero-order valence-corrected chi connectivity index (χ0v) is 16.0. The van der Waals surface area contributed by atoms with Gasteiger partial charge in [-0.2, -0.15) is 10.2 Å². The molecule has 1 unspecified atom stereocenters. The Kier molecular flexibility index (Phi) is 5.11. The lowest BCUT2D eigenvalue weighted by molar-refractivity contribution is 0.0435. The second kappa shape index (κ2) is 8.02. The molecule has 1 aliphatic rings. The highest BCUT2D eigenvalue weighted by atomic mass is 16.6. The van der Waals surface area contributed by atoms with Crippen molar-refractivity contribution in [2.75, 3.05) is 19.5 Å². The number of esters is 1. The lowest BCUT2D eigenvalue weighted by atomic mass is 10.1. The van der Waals surface area contributed by atoms with E-state index in [1.54, 1.807) is 12.1 Å². The maximum atomic E-state index is 12.4. The molecule has 0 radical (unpaired) electrons. The summed E-state index contributed by atoms with van der Waals surface area (Å²) in [7, 11) is 3.02. The van der Waals surface area contributed by atoms with Gasteiger partial charge in [-0.3, -0.25) is 0 Å². The zero-order chi connectivity index (χ0) is 20.2. The smallest absolute Gasteiger partial charge is 0.344 e. The molecule has 4 rings (SSSR count). The number of nitrogens with one attached hydrogen (secondary N) is 1. The Morgan fingerprint density at radius 2 is 1.55 bits per heavy atom. The van der Waals surface area contributed by atoms with E-state index in [4.69, 9.17) is 14.2 Å². The van der Waals surface area contributed by atoms with Gasteiger partial charge in [-0.15, -0.1) is 0 Å². The first kappa shape index (κ1) is 18.5. The Labute approximate surface area is 167 Å². The van der Waals surface area contributed by atoms with Crippen molar-refractivity contribution >= 4 is 23.0 Å². The second-order valence-corrected chi connectivity index (χ2v) is 6.28. The van der Waals surface area contributed by atoms with Crippen LogP contribution >= 0.6 is 0 Å². The number of hydrogen-bond donors (Lipinski definition) is 1. The third kappa shape index (κ3) is 3.75. The first-order valence-electron chi connectivity index (χ1n) is 8.99. The summed E-state index contributed by atoms with van der Waals surface area (Å²) in [6.07, 6.45) is -0.617. The minimum Gasteiger partial charge on any atom is -0.493 e. The average molecular weight is 389 g/mol. The fraction of sp³-hybridized carbons (Fsp3) is 0.136. The highest BCUT2D eigenvalue weighted by molar-refractivity contribution is 5.98. The van der Waals surface area contributed by atoms with Crippen LogP contribution in [-0.2, 0) is 4.74 Å². The van der Waals surface area contributed by atoms with Crippen molar-refractivity contribution in [3.63, 3.8) is 0 Å². The molecule has 1 heterocycles. The number of methoxy groups -OCH3 is 2. The number of carbonyl (C=O) groups is 1. The van der Waals surface area contributed by atoms with Gasteiger partial charge in [-0.05, 0) is 48.5 Å². The predicted molar refractivity (Wildman–Crippen MR) is 108 cm³/mol. The highest BCUT2D eigenvalue weighted by Gasteiger charge is 2.35. The monoisotopic (exact) mass is 389 g/mol. The molecule has 1 aliphatic heterocycles. The van der Waals surface area contributed by atoms with Crippen molar-refractivity contribution in [3.05, 3.63) is 77.9 Å². The van der Waals surface area contributed by atoms with Gasteiger partial charge in [0.2, 0.25) is 6.23 Å².